The number of nitrogens with one attached hydrogen (secondary N) is 1. The second kappa shape index (κ2) is 6.70. The Morgan fingerprint density at radius 1 is 1.38 bits per heavy atom. The normalized spacial score (nSPS) is 26.6. The van der Waals surface area contributed by atoms with E-state index in [1.165, 1.54) is 11.3 Å². The van der Waals surface area contributed by atoms with Gasteiger partial charge >= 0.3 is 0 Å². The molecule has 128 valence electrons. The molecule has 5 nitrogen and oxygen atoms in total. The number of ether oxygens (including phenoxy) is 1. The monoisotopic (exact) mass is 346 g/mol. The van der Waals surface area contributed by atoms with Crippen molar-refractivity contribution in [3.63, 3.8) is 0 Å². The Kier molecular flexibility index (Phi) is 4.43. The summed E-state index contributed by atoms with van der Waals surface area (Å²) in [5.41, 5.74) is 0.734. The van der Waals surface area contributed by atoms with E-state index in [2.05, 4.69) is 10.2 Å². The van der Waals surface area contributed by atoms with Crippen LogP contribution in [0.5, 0.6) is 0 Å². The molecule has 1 amide bonds. The zero-order chi connectivity index (χ0) is 16.5. The molecule has 0 aliphatic carbocycles. The standard InChI is InChI=1S/C18H22N2O3S/c1-12-2-3-15(22-12)9-20-8-14-6-16(23-17(14)10-20)7-19-18(21)13-4-5-24-11-13/h2-5,11,14,16-17H,6-10H2,1H3,(H,19,21)/t14-,16-,17+/m0/s1. The highest BCUT2D eigenvalue weighted by Gasteiger charge is 2.41. The summed E-state index contributed by atoms with van der Waals surface area (Å²) in [7, 11) is 0. The molecule has 4 heterocycles. The summed E-state index contributed by atoms with van der Waals surface area (Å²) in [5, 5.41) is 6.77. The second-order valence-corrected chi connectivity index (χ2v) is 7.50. The van der Waals surface area contributed by atoms with Crippen LogP contribution < -0.4 is 5.32 Å². The van der Waals surface area contributed by atoms with Crippen molar-refractivity contribution >= 4 is 17.2 Å². The van der Waals surface area contributed by atoms with Crippen LogP contribution in [0.25, 0.3) is 0 Å². The number of nitrogens with zero attached hydrogens (tertiary/aromatic N) is 1. The number of rotatable bonds is 5. The lowest BCUT2D eigenvalue weighted by molar-refractivity contribution is 0.0367. The number of aryl methyl sites for hydroxylation is 1. The summed E-state index contributed by atoms with van der Waals surface area (Å²) in [6.07, 6.45) is 1.43. The van der Waals surface area contributed by atoms with Crippen LogP contribution in [-0.4, -0.2) is 42.6 Å². The Bertz CT molecular complexity index is 683. The largest absolute Gasteiger partial charge is 0.465 e. The van der Waals surface area contributed by atoms with E-state index < -0.39 is 0 Å². The molecule has 0 aromatic carbocycles. The third kappa shape index (κ3) is 3.41. The third-order valence-electron chi connectivity index (χ3n) is 4.84. The van der Waals surface area contributed by atoms with Crippen molar-refractivity contribution in [2.24, 2.45) is 5.92 Å². The van der Waals surface area contributed by atoms with Crippen LogP contribution >= 0.6 is 11.3 Å². The van der Waals surface area contributed by atoms with Gasteiger partial charge in [-0.25, -0.2) is 0 Å². The highest BCUT2D eigenvalue weighted by Crippen LogP contribution is 2.33. The van der Waals surface area contributed by atoms with Crippen molar-refractivity contribution in [2.45, 2.75) is 32.1 Å². The molecule has 6 heteroatoms. The van der Waals surface area contributed by atoms with Crippen LogP contribution in [0.3, 0.4) is 0 Å². The molecule has 0 bridgehead atoms. The molecule has 24 heavy (non-hydrogen) atoms. The maximum Gasteiger partial charge on any atom is 0.252 e. The number of hydrogen-bond acceptors (Lipinski definition) is 5. The molecular formula is C18H22N2O3S. The second-order valence-electron chi connectivity index (χ2n) is 6.72. The van der Waals surface area contributed by atoms with Crippen LogP contribution in [0.15, 0.2) is 33.4 Å². The average molecular weight is 346 g/mol. The summed E-state index contributed by atoms with van der Waals surface area (Å²) in [6.45, 7) is 5.40. The molecule has 1 N–H and O–H groups in total. The summed E-state index contributed by atoms with van der Waals surface area (Å²) in [5.74, 6) is 2.53. The minimum atomic E-state index is -0.00766. The highest BCUT2D eigenvalue weighted by atomic mass is 32.1. The SMILES string of the molecule is Cc1ccc(CN2C[C@@H]3C[C@@H](CNC(=O)c4ccsc4)O[C@@H]3C2)o1. The quantitative estimate of drug-likeness (QED) is 0.904. The van der Waals surface area contributed by atoms with Gasteiger partial charge in [-0.05, 0) is 36.9 Å². The molecule has 2 aromatic rings. The van der Waals surface area contributed by atoms with Crippen molar-refractivity contribution in [1.82, 2.24) is 10.2 Å². The Balaban J connectivity index is 1.23. The first-order chi connectivity index (χ1) is 11.7. The van der Waals surface area contributed by atoms with Crippen molar-refractivity contribution < 1.29 is 13.9 Å². The van der Waals surface area contributed by atoms with Gasteiger partial charge in [0.2, 0.25) is 0 Å². The lowest BCUT2D eigenvalue weighted by Crippen LogP contribution is -2.33. The molecule has 0 unspecified atom stereocenters. The molecule has 2 fully saturated rings. The van der Waals surface area contributed by atoms with E-state index in [4.69, 9.17) is 9.15 Å². The van der Waals surface area contributed by atoms with E-state index in [0.29, 0.717) is 12.5 Å². The van der Waals surface area contributed by atoms with E-state index in [0.717, 1.165) is 43.1 Å². The summed E-state index contributed by atoms with van der Waals surface area (Å²) in [6, 6.07) is 5.90. The smallest absolute Gasteiger partial charge is 0.252 e. The number of hydrogen-bond donors (Lipinski definition) is 1. The van der Waals surface area contributed by atoms with E-state index in [1.807, 2.05) is 35.9 Å². The molecule has 2 aliphatic rings. The number of furan rings is 1. The van der Waals surface area contributed by atoms with Gasteiger partial charge < -0.3 is 14.5 Å². The number of fused-ring (bicyclic) bond motifs is 1. The van der Waals surface area contributed by atoms with Crippen molar-refractivity contribution in [2.75, 3.05) is 19.6 Å². The first-order valence-electron chi connectivity index (χ1n) is 8.41. The van der Waals surface area contributed by atoms with Gasteiger partial charge in [0.1, 0.15) is 11.5 Å². The van der Waals surface area contributed by atoms with E-state index in [9.17, 15) is 4.79 Å². The number of carbonyl (C=O) groups excluding carboxylic acids is 1. The van der Waals surface area contributed by atoms with Gasteiger partial charge in [-0.1, -0.05) is 0 Å². The Hall–Kier alpha value is -1.63. The van der Waals surface area contributed by atoms with Gasteiger partial charge in [0, 0.05) is 36.5 Å². The van der Waals surface area contributed by atoms with Crippen LogP contribution in [0.1, 0.15) is 28.3 Å². The van der Waals surface area contributed by atoms with Crippen molar-refractivity contribution in [3.05, 3.63) is 46.0 Å². The number of thiophene rings is 1. The van der Waals surface area contributed by atoms with Gasteiger partial charge in [0.05, 0.1) is 18.8 Å². The van der Waals surface area contributed by atoms with Crippen LogP contribution in [0.2, 0.25) is 0 Å². The predicted molar refractivity (Wildman–Crippen MR) is 92.1 cm³/mol. The van der Waals surface area contributed by atoms with E-state index >= 15 is 0 Å². The molecular weight excluding hydrogens is 324 g/mol. The fourth-order valence-electron chi connectivity index (χ4n) is 3.70. The molecule has 2 saturated heterocycles. The first-order valence-corrected chi connectivity index (χ1v) is 9.35. The zero-order valence-electron chi connectivity index (χ0n) is 13.7. The molecule has 0 spiro atoms. The van der Waals surface area contributed by atoms with Crippen LogP contribution in [-0.2, 0) is 11.3 Å². The Labute approximate surface area is 145 Å². The fraction of sp³-hybridized carbons (Fsp3) is 0.500. The predicted octanol–water partition coefficient (Wildman–Crippen LogP) is 2.67. The van der Waals surface area contributed by atoms with Crippen molar-refractivity contribution in [3.8, 4) is 0 Å². The summed E-state index contributed by atoms with van der Waals surface area (Å²) in [4.78, 5) is 14.4. The Morgan fingerprint density at radius 2 is 2.29 bits per heavy atom. The molecule has 2 aliphatic heterocycles. The highest BCUT2D eigenvalue weighted by molar-refractivity contribution is 7.08. The average Bonchev–Trinajstić information content (AvgIpc) is 3.29. The Morgan fingerprint density at radius 3 is 3.00 bits per heavy atom. The lowest BCUT2D eigenvalue weighted by atomic mass is 10.0. The van der Waals surface area contributed by atoms with Gasteiger partial charge in [-0.2, -0.15) is 11.3 Å². The lowest BCUT2D eigenvalue weighted by Gasteiger charge is -2.18. The molecule has 4 rings (SSSR count). The number of likely N-dealkylation sites (tertiary alicyclic amines) is 1. The topological polar surface area (TPSA) is 54.7 Å². The van der Waals surface area contributed by atoms with Gasteiger partial charge in [-0.15, -0.1) is 0 Å². The minimum Gasteiger partial charge on any atom is -0.465 e. The maximum atomic E-state index is 12.0. The fourth-order valence-corrected chi connectivity index (χ4v) is 4.34. The van der Waals surface area contributed by atoms with E-state index in [-0.39, 0.29) is 18.1 Å². The zero-order valence-corrected chi connectivity index (χ0v) is 14.6. The molecule has 0 saturated carbocycles. The van der Waals surface area contributed by atoms with Gasteiger partial charge in [0.25, 0.3) is 5.91 Å². The summed E-state index contributed by atoms with van der Waals surface area (Å²) < 4.78 is 11.8. The third-order valence-corrected chi connectivity index (χ3v) is 5.52. The van der Waals surface area contributed by atoms with E-state index in [1.54, 1.807) is 0 Å². The minimum absolute atomic E-state index is 0.00766. The maximum absolute atomic E-state index is 12.0. The molecule has 2 aromatic heterocycles. The molecule has 3 atom stereocenters. The van der Waals surface area contributed by atoms with Crippen LogP contribution in [0.4, 0.5) is 0 Å². The van der Waals surface area contributed by atoms with Gasteiger partial charge in [0.15, 0.2) is 0 Å². The molecule has 0 radical (unpaired) electrons. The van der Waals surface area contributed by atoms with Crippen LogP contribution in [0, 0.1) is 12.8 Å². The summed E-state index contributed by atoms with van der Waals surface area (Å²) >= 11 is 1.54. The van der Waals surface area contributed by atoms with Gasteiger partial charge in [-0.3, -0.25) is 9.69 Å². The first kappa shape index (κ1) is 15.9. The van der Waals surface area contributed by atoms with Crippen molar-refractivity contribution in [1.29, 1.82) is 0 Å². The number of amides is 1. The number of carbonyl (C=O) groups is 1.